The molecule has 0 amide bonds. The Hall–Kier alpha value is -1.03. The Kier molecular flexibility index (Phi) is 3.19. The van der Waals surface area contributed by atoms with Crippen molar-refractivity contribution in [2.75, 3.05) is 11.2 Å². The van der Waals surface area contributed by atoms with E-state index in [4.69, 9.17) is 16.3 Å². The van der Waals surface area contributed by atoms with Crippen LogP contribution >= 0.6 is 11.6 Å². The fourth-order valence-corrected chi connectivity index (χ4v) is 1.76. The summed E-state index contributed by atoms with van der Waals surface area (Å²) in [5.74, 6) is 1.88. The second kappa shape index (κ2) is 4.45. The van der Waals surface area contributed by atoms with E-state index in [0.717, 1.165) is 18.7 Å². The van der Waals surface area contributed by atoms with E-state index in [0.29, 0.717) is 11.8 Å². The van der Waals surface area contributed by atoms with Gasteiger partial charge in [-0.1, -0.05) is 0 Å². The number of ether oxygens (including phenoxy) is 1. The van der Waals surface area contributed by atoms with Gasteiger partial charge in [0.15, 0.2) is 0 Å². The normalized spacial score (nSPS) is 17.2. The zero-order chi connectivity index (χ0) is 11.6. The Morgan fingerprint density at radius 1 is 1.50 bits per heavy atom. The van der Waals surface area contributed by atoms with Gasteiger partial charge in [-0.15, -0.1) is 11.6 Å². The first-order valence-electron chi connectivity index (χ1n) is 5.46. The molecule has 1 heterocycles. The van der Waals surface area contributed by atoms with Crippen LogP contribution < -0.4 is 10.1 Å². The Balaban J connectivity index is 2.04. The first kappa shape index (κ1) is 11.5. The van der Waals surface area contributed by atoms with Gasteiger partial charge >= 0.3 is 0 Å². The molecule has 88 valence electrons. The van der Waals surface area contributed by atoms with E-state index in [2.05, 4.69) is 15.3 Å². The van der Waals surface area contributed by atoms with Crippen LogP contribution in [0.3, 0.4) is 0 Å². The summed E-state index contributed by atoms with van der Waals surface area (Å²) in [6, 6.07) is 0. The van der Waals surface area contributed by atoms with Gasteiger partial charge in [0.2, 0.25) is 5.88 Å². The molecule has 0 saturated heterocycles. The molecule has 1 aromatic rings. The van der Waals surface area contributed by atoms with E-state index in [1.54, 1.807) is 12.4 Å². The number of nitrogens with one attached hydrogen (secondary N) is 1. The minimum absolute atomic E-state index is 0.0344. The number of hydrogen-bond donors (Lipinski definition) is 1. The summed E-state index contributed by atoms with van der Waals surface area (Å²) in [5.41, 5.74) is 0.0344. The molecule has 0 aromatic carbocycles. The lowest BCUT2D eigenvalue weighted by Crippen LogP contribution is -2.23. The van der Waals surface area contributed by atoms with Crippen molar-refractivity contribution in [1.29, 1.82) is 0 Å². The standard InChI is InChI=1S/C11H16ClN3O/c1-8(2)16-10-6-13-5-9(14-10)15-11(7-12)3-4-11/h5-6,8H,3-4,7H2,1-2H3,(H,14,15). The molecule has 1 aliphatic rings. The topological polar surface area (TPSA) is 47.0 Å². The first-order valence-corrected chi connectivity index (χ1v) is 6.00. The van der Waals surface area contributed by atoms with Crippen LogP contribution in [-0.2, 0) is 0 Å². The van der Waals surface area contributed by atoms with Gasteiger partial charge in [-0.25, -0.2) is 0 Å². The maximum absolute atomic E-state index is 5.89. The minimum Gasteiger partial charge on any atom is -0.474 e. The van der Waals surface area contributed by atoms with Crippen LogP contribution in [0.15, 0.2) is 12.4 Å². The van der Waals surface area contributed by atoms with Gasteiger partial charge in [0, 0.05) is 5.88 Å². The van der Waals surface area contributed by atoms with Crippen molar-refractivity contribution in [1.82, 2.24) is 9.97 Å². The van der Waals surface area contributed by atoms with Crippen LogP contribution in [0.1, 0.15) is 26.7 Å². The van der Waals surface area contributed by atoms with Gasteiger partial charge in [-0.3, -0.25) is 4.98 Å². The molecule has 0 atom stereocenters. The third-order valence-electron chi connectivity index (χ3n) is 2.47. The number of anilines is 1. The highest BCUT2D eigenvalue weighted by molar-refractivity contribution is 6.19. The summed E-state index contributed by atoms with van der Waals surface area (Å²) in [7, 11) is 0. The van der Waals surface area contributed by atoms with E-state index in [9.17, 15) is 0 Å². The lowest BCUT2D eigenvalue weighted by molar-refractivity contribution is 0.232. The zero-order valence-corrected chi connectivity index (χ0v) is 10.3. The van der Waals surface area contributed by atoms with Crippen molar-refractivity contribution in [3.05, 3.63) is 12.4 Å². The molecule has 0 unspecified atom stereocenters. The third-order valence-corrected chi connectivity index (χ3v) is 2.98. The van der Waals surface area contributed by atoms with E-state index in [1.165, 1.54) is 0 Å². The fraction of sp³-hybridized carbons (Fsp3) is 0.636. The molecule has 1 saturated carbocycles. The molecule has 0 aliphatic heterocycles. The maximum Gasteiger partial charge on any atom is 0.234 e. The van der Waals surface area contributed by atoms with Crippen molar-refractivity contribution >= 4 is 17.4 Å². The summed E-state index contributed by atoms with van der Waals surface area (Å²) in [4.78, 5) is 8.42. The predicted molar refractivity (Wildman–Crippen MR) is 64.1 cm³/mol. The molecule has 1 N–H and O–H groups in total. The van der Waals surface area contributed by atoms with Crippen molar-refractivity contribution in [3.8, 4) is 5.88 Å². The van der Waals surface area contributed by atoms with Crippen LogP contribution in [0.25, 0.3) is 0 Å². The SMILES string of the molecule is CC(C)Oc1cncc(NC2(CCl)CC2)n1. The summed E-state index contributed by atoms with van der Waals surface area (Å²) < 4.78 is 5.48. The van der Waals surface area contributed by atoms with Crippen LogP contribution in [0, 0.1) is 0 Å². The largest absolute Gasteiger partial charge is 0.474 e. The number of alkyl halides is 1. The Morgan fingerprint density at radius 2 is 2.25 bits per heavy atom. The van der Waals surface area contributed by atoms with Crippen molar-refractivity contribution < 1.29 is 4.74 Å². The molecule has 16 heavy (non-hydrogen) atoms. The number of halogens is 1. The van der Waals surface area contributed by atoms with Gasteiger partial charge in [0.05, 0.1) is 24.0 Å². The average Bonchev–Trinajstić information content (AvgIpc) is 2.98. The van der Waals surface area contributed by atoms with Crippen LogP contribution in [-0.4, -0.2) is 27.5 Å². The first-order chi connectivity index (χ1) is 7.63. The van der Waals surface area contributed by atoms with Crippen LogP contribution in [0.2, 0.25) is 0 Å². The van der Waals surface area contributed by atoms with Crippen molar-refractivity contribution in [3.63, 3.8) is 0 Å². The van der Waals surface area contributed by atoms with E-state index in [1.807, 2.05) is 13.8 Å². The van der Waals surface area contributed by atoms with Gasteiger partial charge in [0.1, 0.15) is 5.82 Å². The van der Waals surface area contributed by atoms with E-state index in [-0.39, 0.29) is 11.6 Å². The molecule has 1 fully saturated rings. The smallest absolute Gasteiger partial charge is 0.234 e. The molecule has 2 rings (SSSR count). The van der Waals surface area contributed by atoms with Crippen LogP contribution in [0.4, 0.5) is 5.82 Å². The van der Waals surface area contributed by atoms with Crippen molar-refractivity contribution in [2.45, 2.75) is 38.3 Å². The maximum atomic E-state index is 5.89. The predicted octanol–water partition coefficient (Wildman–Crippen LogP) is 2.45. The molecule has 4 nitrogen and oxygen atoms in total. The molecular formula is C11H16ClN3O. The van der Waals surface area contributed by atoms with E-state index < -0.39 is 0 Å². The molecular weight excluding hydrogens is 226 g/mol. The summed E-state index contributed by atoms with van der Waals surface area (Å²) in [5, 5.41) is 3.31. The summed E-state index contributed by atoms with van der Waals surface area (Å²) in [6.07, 6.45) is 5.60. The monoisotopic (exact) mass is 241 g/mol. The Bertz CT molecular complexity index is 366. The van der Waals surface area contributed by atoms with Gasteiger partial charge in [-0.05, 0) is 26.7 Å². The second-order valence-corrected chi connectivity index (χ2v) is 4.72. The highest BCUT2D eigenvalue weighted by Gasteiger charge is 2.42. The zero-order valence-electron chi connectivity index (χ0n) is 9.53. The summed E-state index contributed by atoms with van der Waals surface area (Å²) >= 11 is 5.89. The Labute approximate surface area is 100 Å². The number of hydrogen-bond acceptors (Lipinski definition) is 4. The fourth-order valence-electron chi connectivity index (χ4n) is 1.42. The molecule has 0 spiro atoms. The van der Waals surface area contributed by atoms with Crippen LogP contribution in [0.5, 0.6) is 5.88 Å². The number of nitrogens with zero attached hydrogens (tertiary/aromatic N) is 2. The van der Waals surface area contributed by atoms with Gasteiger partial charge in [-0.2, -0.15) is 4.98 Å². The lowest BCUT2D eigenvalue weighted by Gasteiger charge is -2.15. The highest BCUT2D eigenvalue weighted by atomic mass is 35.5. The minimum atomic E-state index is 0.0344. The molecule has 0 radical (unpaired) electrons. The summed E-state index contributed by atoms with van der Waals surface area (Å²) in [6.45, 7) is 3.92. The van der Waals surface area contributed by atoms with Crippen molar-refractivity contribution in [2.24, 2.45) is 0 Å². The van der Waals surface area contributed by atoms with Gasteiger partial charge in [0.25, 0.3) is 0 Å². The van der Waals surface area contributed by atoms with E-state index >= 15 is 0 Å². The third kappa shape index (κ3) is 2.76. The Morgan fingerprint density at radius 3 is 2.81 bits per heavy atom. The second-order valence-electron chi connectivity index (χ2n) is 4.45. The molecule has 1 aromatic heterocycles. The van der Waals surface area contributed by atoms with Gasteiger partial charge < -0.3 is 10.1 Å². The number of rotatable bonds is 5. The average molecular weight is 242 g/mol. The quantitative estimate of drug-likeness (QED) is 0.805. The lowest BCUT2D eigenvalue weighted by atomic mass is 10.3. The molecule has 5 heteroatoms. The molecule has 1 aliphatic carbocycles. The molecule has 0 bridgehead atoms. The number of aromatic nitrogens is 2. The highest BCUT2D eigenvalue weighted by Crippen LogP contribution is 2.39.